The molecule has 3 heterocycles. The molecule has 1 atom stereocenters. The van der Waals surface area contributed by atoms with Crippen LogP contribution in [0.5, 0.6) is 0 Å². The van der Waals surface area contributed by atoms with E-state index in [2.05, 4.69) is 15.4 Å². The molecule has 0 radical (unpaired) electrons. The molecule has 1 amide bonds. The van der Waals surface area contributed by atoms with Gasteiger partial charge in [0.05, 0.1) is 44.9 Å². The van der Waals surface area contributed by atoms with Crippen LogP contribution in [-0.4, -0.2) is 40.6 Å². The Labute approximate surface area is 167 Å². The maximum atomic E-state index is 12.6. The van der Waals surface area contributed by atoms with Crippen molar-refractivity contribution in [1.29, 1.82) is 0 Å². The van der Waals surface area contributed by atoms with E-state index in [4.69, 9.17) is 0 Å². The molecule has 1 aromatic carbocycles. The highest BCUT2D eigenvalue weighted by Gasteiger charge is 2.31. The highest BCUT2D eigenvalue weighted by molar-refractivity contribution is 7.91. The van der Waals surface area contributed by atoms with Crippen molar-refractivity contribution in [2.24, 2.45) is 0 Å². The second kappa shape index (κ2) is 6.97. The van der Waals surface area contributed by atoms with Gasteiger partial charge in [0.25, 0.3) is 0 Å². The van der Waals surface area contributed by atoms with Gasteiger partial charge < -0.3 is 5.32 Å². The van der Waals surface area contributed by atoms with E-state index in [0.29, 0.717) is 12.1 Å². The normalized spacial score (nSPS) is 18.6. The van der Waals surface area contributed by atoms with Gasteiger partial charge in [-0.25, -0.2) is 13.4 Å². The summed E-state index contributed by atoms with van der Waals surface area (Å²) < 4.78 is 26.4. The van der Waals surface area contributed by atoms with Crippen molar-refractivity contribution in [3.05, 3.63) is 40.2 Å². The maximum absolute atomic E-state index is 12.6. The Hall–Kier alpha value is -2.26. The summed E-state index contributed by atoms with van der Waals surface area (Å²) in [6, 6.07) is 5.58. The lowest BCUT2D eigenvalue weighted by atomic mass is 10.1. The minimum Gasteiger partial charge on any atom is -0.326 e. The first-order valence-corrected chi connectivity index (χ1v) is 11.8. The van der Waals surface area contributed by atoms with Crippen molar-refractivity contribution in [3.8, 4) is 0 Å². The van der Waals surface area contributed by atoms with Gasteiger partial charge in [0.1, 0.15) is 0 Å². The minimum atomic E-state index is -2.99. The zero-order valence-electron chi connectivity index (χ0n) is 16.0. The molecule has 2 aromatic heterocycles. The minimum absolute atomic E-state index is 0.119. The Morgan fingerprint density at radius 1 is 1.32 bits per heavy atom. The van der Waals surface area contributed by atoms with Gasteiger partial charge in [-0.05, 0) is 45.4 Å². The highest BCUT2D eigenvalue weighted by Crippen LogP contribution is 2.28. The summed E-state index contributed by atoms with van der Waals surface area (Å²) in [5.74, 6) is 0.189. The average Bonchev–Trinajstić information content (AvgIpc) is 3.24. The number of fused-ring (bicyclic) bond motifs is 1. The molecule has 1 fully saturated rings. The molecule has 1 saturated heterocycles. The number of sulfone groups is 1. The number of amides is 1. The van der Waals surface area contributed by atoms with Crippen LogP contribution in [0.15, 0.2) is 18.2 Å². The van der Waals surface area contributed by atoms with Gasteiger partial charge in [0, 0.05) is 16.9 Å². The van der Waals surface area contributed by atoms with Crippen LogP contribution in [0.1, 0.15) is 34.4 Å². The third kappa shape index (κ3) is 3.68. The molecule has 1 N–H and O–H groups in total. The second-order valence-electron chi connectivity index (χ2n) is 7.29. The monoisotopic (exact) mass is 418 g/mol. The summed E-state index contributed by atoms with van der Waals surface area (Å²) in [6.45, 7) is 5.72. The van der Waals surface area contributed by atoms with Crippen LogP contribution in [0, 0.1) is 20.8 Å². The van der Waals surface area contributed by atoms with Gasteiger partial charge in [-0.2, -0.15) is 5.10 Å². The Balaban J connectivity index is 1.51. The smallest absolute Gasteiger partial charge is 0.228 e. The van der Waals surface area contributed by atoms with Crippen molar-refractivity contribution >= 4 is 43.0 Å². The molecule has 0 aliphatic carbocycles. The highest BCUT2D eigenvalue weighted by atomic mass is 32.2. The number of benzene rings is 1. The van der Waals surface area contributed by atoms with E-state index in [1.807, 2.05) is 39.0 Å². The van der Waals surface area contributed by atoms with Crippen LogP contribution in [0.2, 0.25) is 0 Å². The van der Waals surface area contributed by atoms with Crippen LogP contribution < -0.4 is 5.32 Å². The fraction of sp³-hybridized carbons (Fsp3) is 0.421. The average molecular weight is 419 g/mol. The molecule has 9 heteroatoms. The lowest BCUT2D eigenvalue weighted by molar-refractivity contribution is -0.115. The number of anilines is 1. The number of aryl methyl sites for hydroxylation is 2. The molecular weight excluding hydrogens is 396 g/mol. The second-order valence-corrected chi connectivity index (χ2v) is 10.8. The molecule has 3 aromatic rings. The van der Waals surface area contributed by atoms with Crippen LogP contribution in [-0.2, 0) is 21.1 Å². The Kier molecular flexibility index (Phi) is 4.75. The molecule has 1 unspecified atom stereocenters. The van der Waals surface area contributed by atoms with Crippen molar-refractivity contribution in [3.63, 3.8) is 0 Å². The molecule has 0 saturated carbocycles. The van der Waals surface area contributed by atoms with Gasteiger partial charge in [0.15, 0.2) is 9.84 Å². The maximum Gasteiger partial charge on any atom is 0.228 e. The predicted molar refractivity (Wildman–Crippen MR) is 111 cm³/mol. The fourth-order valence-corrected chi connectivity index (χ4v) is 6.26. The molecular formula is C19H22N4O3S2. The first-order chi connectivity index (χ1) is 13.2. The molecule has 1 aliphatic rings. The molecule has 28 heavy (non-hydrogen) atoms. The molecule has 1 aliphatic heterocycles. The summed E-state index contributed by atoms with van der Waals surface area (Å²) in [5.41, 5.74) is 4.07. The molecule has 0 spiro atoms. The number of carbonyl (C=O) groups excluding carboxylic acids is 1. The first-order valence-electron chi connectivity index (χ1n) is 9.14. The van der Waals surface area contributed by atoms with E-state index < -0.39 is 9.84 Å². The lowest BCUT2D eigenvalue weighted by Gasteiger charge is -2.11. The number of nitrogens with one attached hydrogen (secondary N) is 1. The molecule has 7 nitrogen and oxygen atoms in total. The standard InChI is InChI=1S/C19H22N4O3S2/c1-11-16(12(2)23(22-11)15-6-7-28(25,26)10-15)9-19(24)21-14-4-5-18-17(8-14)20-13(3)27-18/h4-5,8,15H,6-7,9-10H2,1-3H3,(H,21,24). The number of rotatable bonds is 4. The summed E-state index contributed by atoms with van der Waals surface area (Å²) in [6.07, 6.45) is 0.772. The summed E-state index contributed by atoms with van der Waals surface area (Å²) in [7, 11) is -2.99. The van der Waals surface area contributed by atoms with E-state index in [0.717, 1.165) is 32.2 Å². The number of aromatic nitrogens is 3. The summed E-state index contributed by atoms with van der Waals surface area (Å²) in [4.78, 5) is 17.1. The van der Waals surface area contributed by atoms with Gasteiger partial charge in [-0.1, -0.05) is 0 Å². The summed E-state index contributed by atoms with van der Waals surface area (Å²) in [5, 5.41) is 8.45. The van der Waals surface area contributed by atoms with Gasteiger partial charge in [0.2, 0.25) is 5.91 Å². The quantitative estimate of drug-likeness (QED) is 0.703. The zero-order valence-corrected chi connectivity index (χ0v) is 17.7. The number of hydrogen-bond donors (Lipinski definition) is 1. The fourth-order valence-electron chi connectivity index (χ4n) is 3.76. The van der Waals surface area contributed by atoms with Crippen molar-refractivity contribution in [2.75, 3.05) is 16.8 Å². The van der Waals surface area contributed by atoms with E-state index in [-0.39, 0.29) is 29.9 Å². The van der Waals surface area contributed by atoms with Gasteiger partial charge >= 0.3 is 0 Å². The Morgan fingerprint density at radius 2 is 2.11 bits per heavy atom. The lowest BCUT2D eigenvalue weighted by Crippen LogP contribution is -2.16. The van der Waals surface area contributed by atoms with E-state index in [1.165, 1.54) is 0 Å². The van der Waals surface area contributed by atoms with Crippen LogP contribution >= 0.6 is 11.3 Å². The topological polar surface area (TPSA) is 93.9 Å². The number of thiazole rings is 1. The molecule has 0 bridgehead atoms. The largest absolute Gasteiger partial charge is 0.326 e. The summed E-state index contributed by atoms with van der Waals surface area (Å²) >= 11 is 1.62. The number of hydrogen-bond acceptors (Lipinski definition) is 6. The van der Waals surface area contributed by atoms with Crippen molar-refractivity contribution < 1.29 is 13.2 Å². The predicted octanol–water partition coefficient (Wildman–Crippen LogP) is 2.96. The Morgan fingerprint density at radius 3 is 2.82 bits per heavy atom. The van der Waals surface area contributed by atoms with Crippen molar-refractivity contribution in [2.45, 2.75) is 39.7 Å². The van der Waals surface area contributed by atoms with E-state index >= 15 is 0 Å². The molecule has 4 rings (SSSR count). The molecule has 148 valence electrons. The van der Waals surface area contributed by atoms with Crippen LogP contribution in [0.25, 0.3) is 10.2 Å². The number of carbonyl (C=O) groups is 1. The van der Waals surface area contributed by atoms with Crippen LogP contribution in [0.3, 0.4) is 0 Å². The van der Waals surface area contributed by atoms with Crippen molar-refractivity contribution in [1.82, 2.24) is 14.8 Å². The van der Waals surface area contributed by atoms with E-state index in [9.17, 15) is 13.2 Å². The van der Waals surface area contributed by atoms with E-state index in [1.54, 1.807) is 16.0 Å². The van der Waals surface area contributed by atoms with Crippen LogP contribution in [0.4, 0.5) is 5.69 Å². The van der Waals surface area contributed by atoms with Gasteiger partial charge in [-0.15, -0.1) is 11.3 Å². The van der Waals surface area contributed by atoms with Gasteiger partial charge in [-0.3, -0.25) is 9.48 Å². The zero-order chi connectivity index (χ0) is 20.1. The SMILES string of the molecule is Cc1nc2cc(NC(=O)Cc3c(C)nn(C4CCS(=O)(=O)C4)c3C)ccc2s1. The third-order valence-corrected chi connectivity index (χ3v) is 7.85. The number of nitrogens with zero attached hydrogens (tertiary/aromatic N) is 3. The Bertz CT molecular complexity index is 1180. The first kappa shape index (κ1) is 19.1. The third-order valence-electron chi connectivity index (χ3n) is 5.14.